The Morgan fingerprint density at radius 2 is 2.05 bits per heavy atom. The van der Waals surface area contributed by atoms with Crippen LogP contribution in [0.3, 0.4) is 0 Å². The van der Waals surface area contributed by atoms with Crippen molar-refractivity contribution < 1.29 is 14.3 Å². The summed E-state index contributed by atoms with van der Waals surface area (Å²) in [5.74, 6) is 0.0781. The van der Waals surface area contributed by atoms with Crippen LogP contribution >= 0.6 is 0 Å². The van der Waals surface area contributed by atoms with Gasteiger partial charge in [0.1, 0.15) is 0 Å². The molecule has 6 heteroatoms. The number of benzene rings is 1. The monoisotopic (exact) mass is 261 g/mol. The molecule has 0 saturated heterocycles. The molecule has 19 heavy (non-hydrogen) atoms. The van der Waals surface area contributed by atoms with Crippen LogP contribution in [-0.4, -0.2) is 27.8 Å². The fourth-order valence-corrected chi connectivity index (χ4v) is 1.53. The molecule has 0 spiro atoms. The van der Waals surface area contributed by atoms with Gasteiger partial charge in [-0.25, -0.2) is 0 Å². The quantitative estimate of drug-likeness (QED) is 0.768. The van der Waals surface area contributed by atoms with Gasteiger partial charge in [0.25, 0.3) is 0 Å². The van der Waals surface area contributed by atoms with Crippen molar-refractivity contribution in [2.45, 2.75) is 19.9 Å². The van der Waals surface area contributed by atoms with Gasteiger partial charge in [-0.15, -0.1) is 10.2 Å². The van der Waals surface area contributed by atoms with Gasteiger partial charge < -0.3 is 14.8 Å². The summed E-state index contributed by atoms with van der Waals surface area (Å²) in [7, 11) is 0. The topological polar surface area (TPSA) is 88.2 Å². The molecular weight excluding hydrogens is 246 g/mol. The molecule has 0 atom stereocenters. The Bertz CT molecular complexity index is 549. The largest absolute Gasteiger partial charge is 0.481 e. The maximum Gasteiger partial charge on any atom is 0.304 e. The van der Waals surface area contributed by atoms with E-state index in [1.807, 2.05) is 31.2 Å². The van der Waals surface area contributed by atoms with Crippen LogP contribution in [0.4, 0.5) is 0 Å². The Hall–Kier alpha value is -2.21. The van der Waals surface area contributed by atoms with Gasteiger partial charge in [-0.3, -0.25) is 4.79 Å². The lowest BCUT2D eigenvalue weighted by molar-refractivity contribution is -0.136. The molecule has 100 valence electrons. The molecule has 0 saturated carbocycles. The molecule has 0 radical (unpaired) electrons. The summed E-state index contributed by atoms with van der Waals surface area (Å²) in [6.45, 7) is 2.75. The normalized spacial score (nSPS) is 10.6. The molecule has 1 aromatic carbocycles. The van der Waals surface area contributed by atoms with E-state index in [-0.39, 0.29) is 6.42 Å². The summed E-state index contributed by atoms with van der Waals surface area (Å²) in [5.41, 5.74) is 2.04. The lowest BCUT2D eigenvalue weighted by Gasteiger charge is -1.98. The maximum absolute atomic E-state index is 10.3. The Morgan fingerprint density at radius 3 is 2.74 bits per heavy atom. The Labute approximate surface area is 110 Å². The van der Waals surface area contributed by atoms with Crippen molar-refractivity contribution in [2.75, 3.05) is 6.54 Å². The number of carboxylic acid groups (broad SMARTS) is 1. The average molecular weight is 261 g/mol. The minimum Gasteiger partial charge on any atom is -0.481 e. The molecule has 0 bridgehead atoms. The maximum atomic E-state index is 10.3. The van der Waals surface area contributed by atoms with Gasteiger partial charge in [-0.2, -0.15) is 0 Å². The molecule has 0 aliphatic rings. The highest BCUT2D eigenvalue weighted by molar-refractivity contribution is 5.66. The standard InChI is InChI=1S/C13H15N3O3/c1-9-2-4-10(5-3-9)13-16-15-11(19-13)8-14-7-6-12(17)18/h2-5,14H,6-8H2,1H3,(H,17,18). The number of nitrogens with one attached hydrogen (secondary N) is 1. The zero-order valence-electron chi connectivity index (χ0n) is 10.6. The average Bonchev–Trinajstić information content (AvgIpc) is 2.84. The highest BCUT2D eigenvalue weighted by Crippen LogP contribution is 2.17. The SMILES string of the molecule is Cc1ccc(-c2nnc(CNCCC(=O)O)o2)cc1. The number of hydrogen-bond acceptors (Lipinski definition) is 5. The van der Waals surface area contributed by atoms with E-state index in [0.717, 1.165) is 5.56 Å². The first-order valence-corrected chi connectivity index (χ1v) is 5.97. The zero-order chi connectivity index (χ0) is 13.7. The summed E-state index contributed by atoms with van der Waals surface area (Å²) in [4.78, 5) is 10.3. The van der Waals surface area contributed by atoms with Gasteiger partial charge in [-0.05, 0) is 19.1 Å². The van der Waals surface area contributed by atoms with Crippen molar-refractivity contribution in [1.29, 1.82) is 0 Å². The van der Waals surface area contributed by atoms with E-state index in [2.05, 4.69) is 15.5 Å². The molecule has 0 aliphatic carbocycles. The van der Waals surface area contributed by atoms with Crippen LogP contribution in [-0.2, 0) is 11.3 Å². The fourth-order valence-electron chi connectivity index (χ4n) is 1.53. The molecule has 1 aromatic heterocycles. The van der Waals surface area contributed by atoms with E-state index in [0.29, 0.717) is 24.9 Å². The highest BCUT2D eigenvalue weighted by atomic mass is 16.4. The van der Waals surface area contributed by atoms with Gasteiger partial charge in [0.15, 0.2) is 0 Å². The third kappa shape index (κ3) is 3.89. The predicted molar refractivity (Wildman–Crippen MR) is 68.4 cm³/mol. The second kappa shape index (κ2) is 6.10. The summed E-state index contributed by atoms with van der Waals surface area (Å²) < 4.78 is 5.48. The number of nitrogens with zero attached hydrogens (tertiary/aromatic N) is 2. The number of rotatable bonds is 6. The van der Waals surface area contributed by atoms with Gasteiger partial charge in [0, 0.05) is 12.1 Å². The van der Waals surface area contributed by atoms with Crippen LogP contribution in [0.15, 0.2) is 28.7 Å². The van der Waals surface area contributed by atoms with Crippen molar-refractivity contribution in [3.05, 3.63) is 35.7 Å². The minimum atomic E-state index is -0.835. The smallest absolute Gasteiger partial charge is 0.304 e. The van der Waals surface area contributed by atoms with E-state index < -0.39 is 5.97 Å². The van der Waals surface area contributed by atoms with E-state index in [1.54, 1.807) is 0 Å². The predicted octanol–water partition coefficient (Wildman–Crippen LogP) is 1.61. The number of carbonyl (C=O) groups is 1. The molecule has 2 N–H and O–H groups in total. The highest BCUT2D eigenvalue weighted by Gasteiger charge is 2.08. The van der Waals surface area contributed by atoms with Crippen molar-refractivity contribution in [3.8, 4) is 11.5 Å². The van der Waals surface area contributed by atoms with E-state index >= 15 is 0 Å². The van der Waals surface area contributed by atoms with Crippen LogP contribution in [0.25, 0.3) is 11.5 Å². The molecule has 0 amide bonds. The number of hydrogen-bond donors (Lipinski definition) is 2. The Balaban J connectivity index is 1.91. The van der Waals surface area contributed by atoms with Crippen molar-refractivity contribution in [2.24, 2.45) is 0 Å². The van der Waals surface area contributed by atoms with E-state index in [4.69, 9.17) is 9.52 Å². The van der Waals surface area contributed by atoms with Gasteiger partial charge in [0.05, 0.1) is 13.0 Å². The number of aryl methyl sites for hydroxylation is 1. The molecule has 6 nitrogen and oxygen atoms in total. The second-order valence-corrected chi connectivity index (χ2v) is 4.19. The van der Waals surface area contributed by atoms with Gasteiger partial charge >= 0.3 is 5.97 Å². The van der Waals surface area contributed by atoms with Crippen LogP contribution in [0, 0.1) is 6.92 Å². The van der Waals surface area contributed by atoms with Crippen LogP contribution in [0.1, 0.15) is 17.9 Å². The summed E-state index contributed by atoms with van der Waals surface area (Å²) in [5, 5.41) is 19.3. The number of aliphatic carboxylic acids is 1. The fraction of sp³-hybridized carbons (Fsp3) is 0.308. The van der Waals surface area contributed by atoms with E-state index in [1.165, 1.54) is 5.56 Å². The molecule has 2 rings (SSSR count). The van der Waals surface area contributed by atoms with Crippen molar-refractivity contribution in [3.63, 3.8) is 0 Å². The van der Waals surface area contributed by atoms with Crippen LogP contribution < -0.4 is 5.32 Å². The summed E-state index contributed by atoms with van der Waals surface area (Å²) >= 11 is 0. The minimum absolute atomic E-state index is 0.0684. The third-order valence-electron chi connectivity index (χ3n) is 2.56. The molecular formula is C13H15N3O3. The van der Waals surface area contributed by atoms with Gasteiger partial charge in [0.2, 0.25) is 11.8 Å². The zero-order valence-corrected chi connectivity index (χ0v) is 10.6. The second-order valence-electron chi connectivity index (χ2n) is 4.19. The molecule has 0 unspecified atom stereocenters. The first-order valence-electron chi connectivity index (χ1n) is 5.97. The van der Waals surface area contributed by atoms with Crippen LogP contribution in [0.2, 0.25) is 0 Å². The molecule has 0 fully saturated rings. The summed E-state index contributed by atoms with van der Waals surface area (Å²) in [6.07, 6.45) is 0.0684. The molecule has 2 aromatic rings. The van der Waals surface area contributed by atoms with Crippen LogP contribution in [0.5, 0.6) is 0 Å². The Morgan fingerprint density at radius 1 is 1.32 bits per heavy atom. The molecule has 0 aliphatic heterocycles. The summed E-state index contributed by atoms with van der Waals surface area (Å²) in [6, 6.07) is 7.80. The lowest BCUT2D eigenvalue weighted by Crippen LogP contribution is -2.17. The first-order chi connectivity index (χ1) is 9.15. The number of carboxylic acids is 1. The number of aromatic nitrogens is 2. The van der Waals surface area contributed by atoms with Gasteiger partial charge in [-0.1, -0.05) is 17.7 Å². The first kappa shape index (κ1) is 13.2. The lowest BCUT2D eigenvalue weighted by atomic mass is 10.1. The Kier molecular flexibility index (Phi) is 4.25. The van der Waals surface area contributed by atoms with Crippen molar-refractivity contribution in [1.82, 2.24) is 15.5 Å². The van der Waals surface area contributed by atoms with E-state index in [9.17, 15) is 4.79 Å². The molecule has 1 heterocycles. The third-order valence-corrected chi connectivity index (χ3v) is 2.56. The van der Waals surface area contributed by atoms with Crippen molar-refractivity contribution >= 4 is 5.97 Å².